The monoisotopic (exact) mass is 647 g/mol. The van der Waals surface area contributed by atoms with Gasteiger partial charge in [-0.2, -0.15) is 5.26 Å². The number of nitrogens with zero attached hydrogens (tertiary/aromatic N) is 4. The quantitative estimate of drug-likeness (QED) is 0.210. The van der Waals surface area contributed by atoms with Gasteiger partial charge in [-0.1, -0.05) is 91.0 Å². The van der Waals surface area contributed by atoms with E-state index in [4.69, 9.17) is 10.5 Å². The molecule has 4 aromatic rings. The molecule has 48 heavy (non-hydrogen) atoms. The van der Waals surface area contributed by atoms with E-state index in [0.717, 1.165) is 16.7 Å². The number of piperidine rings is 1. The summed E-state index contributed by atoms with van der Waals surface area (Å²) in [5.41, 5.74) is 6.75. The van der Waals surface area contributed by atoms with Crippen molar-refractivity contribution in [3.05, 3.63) is 120 Å². The van der Waals surface area contributed by atoms with Crippen LogP contribution in [0.5, 0.6) is 0 Å². The minimum absolute atomic E-state index is 0.101. The Morgan fingerprint density at radius 2 is 1.58 bits per heavy atom. The van der Waals surface area contributed by atoms with E-state index in [0.29, 0.717) is 25.9 Å². The second kappa shape index (κ2) is 15.1. The van der Waals surface area contributed by atoms with Crippen LogP contribution in [-0.2, 0) is 31.1 Å². The number of hydrogen-bond acceptors (Lipinski definition) is 7. The molecular formula is C37H41N7O4. The number of rotatable bonds is 12. The number of ether oxygens (including phenoxy) is 1. The zero-order chi connectivity index (χ0) is 34.1. The number of benzene rings is 3. The lowest BCUT2D eigenvalue weighted by Gasteiger charge is -2.39. The van der Waals surface area contributed by atoms with Gasteiger partial charge in [0.05, 0.1) is 36.6 Å². The molecule has 0 spiro atoms. The van der Waals surface area contributed by atoms with Crippen LogP contribution in [0.1, 0.15) is 49.4 Å². The van der Waals surface area contributed by atoms with Crippen LogP contribution in [0, 0.1) is 11.3 Å². The first-order valence-corrected chi connectivity index (χ1v) is 16.0. The third-order valence-electron chi connectivity index (χ3n) is 8.57. The smallest absolute Gasteiger partial charge is 0.250 e. The highest BCUT2D eigenvalue weighted by Gasteiger charge is 2.39. The molecule has 1 aliphatic rings. The average Bonchev–Trinajstić information content (AvgIpc) is 3.56. The Hall–Kier alpha value is -5.31. The van der Waals surface area contributed by atoms with Gasteiger partial charge in [0.1, 0.15) is 12.1 Å². The van der Waals surface area contributed by atoms with Crippen LogP contribution in [0.2, 0.25) is 0 Å². The molecule has 0 bridgehead atoms. The van der Waals surface area contributed by atoms with Crippen molar-refractivity contribution >= 4 is 23.5 Å². The predicted molar refractivity (Wildman–Crippen MR) is 181 cm³/mol. The van der Waals surface area contributed by atoms with Gasteiger partial charge in [0.15, 0.2) is 5.82 Å². The molecule has 1 aromatic heterocycles. The fourth-order valence-corrected chi connectivity index (χ4v) is 5.73. The van der Waals surface area contributed by atoms with E-state index in [1.807, 2.05) is 91.0 Å². The molecule has 11 nitrogen and oxygen atoms in total. The first-order chi connectivity index (χ1) is 23.1. The molecule has 3 aromatic carbocycles. The summed E-state index contributed by atoms with van der Waals surface area (Å²) in [6, 6.07) is 29.3. The number of nitrogens with two attached hydrogens (primary N) is 1. The minimum atomic E-state index is -1.22. The number of hydrogen-bond donors (Lipinski definition) is 3. The van der Waals surface area contributed by atoms with Gasteiger partial charge in [0, 0.05) is 19.3 Å². The standard InChI is InChI=1S/C37H41N7O4/c1-36(2,39)35(47)41-30(24-48-23-27-12-6-3-7-13-27)33(45)42-31-22-44(26-40-31)32(28-14-8-4-9-15-28)34(46)43-20-18-37(25-38,19-21-43)29-16-10-5-11-17-29/h3-17,22,26,30,32H,18-21,23-24,39H2,1-2H3,(H,41,47)(H,42,45)/t30-,32?/m1/s1. The lowest BCUT2D eigenvalue weighted by Crippen LogP contribution is -2.56. The van der Waals surface area contributed by atoms with Crippen molar-refractivity contribution in [3.63, 3.8) is 0 Å². The molecule has 2 atom stereocenters. The molecular weight excluding hydrogens is 606 g/mol. The van der Waals surface area contributed by atoms with Crippen molar-refractivity contribution in [3.8, 4) is 6.07 Å². The van der Waals surface area contributed by atoms with Crippen LogP contribution in [0.25, 0.3) is 0 Å². The van der Waals surface area contributed by atoms with E-state index in [1.165, 1.54) is 6.33 Å². The van der Waals surface area contributed by atoms with Crippen molar-refractivity contribution in [2.45, 2.75) is 56.3 Å². The Kier molecular flexibility index (Phi) is 10.7. The SMILES string of the molecule is CC(C)(N)C(=O)N[C@H](COCc1ccccc1)C(=O)Nc1cn(C(C(=O)N2CCC(C#N)(c3ccccc3)CC2)c2ccccc2)cn1. The molecule has 1 fully saturated rings. The van der Waals surface area contributed by atoms with Gasteiger partial charge in [-0.15, -0.1) is 0 Å². The number of carbonyl (C=O) groups is 3. The molecule has 0 radical (unpaired) electrons. The molecule has 4 N–H and O–H groups in total. The molecule has 0 aliphatic carbocycles. The van der Waals surface area contributed by atoms with Crippen LogP contribution in [0.15, 0.2) is 104 Å². The van der Waals surface area contributed by atoms with Gasteiger partial charge in [0.25, 0.3) is 5.91 Å². The van der Waals surface area contributed by atoms with Gasteiger partial charge in [-0.3, -0.25) is 14.4 Å². The van der Waals surface area contributed by atoms with E-state index in [1.54, 1.807) is 29.5 Å². The van der Waals surface area contributed by atoms with Crippen LogP contribution >= 0.6 is 0 Å². The highest BCUT2D eigenvalue weighted by atomic mass is 16.5. The molecule has 3 amide bonds. The largest absolute Gasteiger partial charge is 0.374 e. The van der Waals surface area contributed by atoms with Crippen LogP contribution in [0.3, 0.4) is 0 Å². The third kappa shape index (κ3) is 8.15. The Morgan fingerprint density at radius 1 is 0.979 bits per heavy atom. The maximum absolute atomic E-state index is 14.2. The van der Waals surface area contributed by atoms with Gasteiger partial charge >= 0.3 is 0 Å². The average molecular weight is 648 g/mol. The number of carbonyl (C=O) groups excluding carboxylic acids is 3. The maximum atomic E-state index is 14.2. The number of nitrogens with one attached hydrogen (secondary N) is 2. The fraction of sp³-hybridized carbons (Fsp3) is 0.324. The number of nitriles is 1. The highest BCUT2D eigenvalue weighted by molar-refractivity contribution is 5.98. The molecule has 2 heterocycles. The summed E-state index contributed by atoms with van der Waals surface area (Å²) < 4.78 is 7.46. The summed E-state index contributed by atoms with van der Waals surface area (Å²) in [6.45, 7) is 4.09. The Balaban J connectivity index is 1.31. The van der Waals surface area contributed by atoms with Crippen molar-refractivity contribution in [1.82, 2.24) is 19.8 Å². The number of imidazole rings is 1. The van der Waals surface area contributed by atoms with Gasteiger partial charge in [-0.25, -0.2) is 4.98 Å². The minimum Gasteiger partial charge on any atom is -0.374 e. The molecule has 5 rings (SSSR count). The van der Waals surface area contributed by atoms with Crippen molar-refractivity contribution in [2.75, 3.05) is 25.0 Å². The first-order valence-electron chi connectivity index (χ1n) is 16.0. The van der Waals surface area contributed by atoms with Crippen molar-refractivity contribution in [1.29, 1.82) is 5.26 Å². The summed E-state index contributed by atoms with van der Waals surface area (Å²) in [5.74, 6) is -0.992. The fourth-order valence-electron chi connectivity index (χ4n) is 5.73. The second-order valence-electron chi connectivity index (χ2n) is 12.6. The van der Waals surface area contributed by atoms with Gasteiger partial charge < -0.3 is 30.6 Å². The molecule has 248 valence electrons. The van der Waals surface area contributed by atoms with E-state index in [2.05, 4.69) is 21.7 Å². The number of anilines is 1. The van der Waals surface area contributed by atoms with Gasteiger partial charge in [-0.05, 0) is 43.4 Å². The first kappa shape index (κ1) is 34.0. The zero-order valence-electron chi connectivity index (χ0n) is 27.2. The topological polar surface area (TPSA) is 155 Å². The Bertz CT molecular complexity index is 1720. The summed E-state index contributed by atoms with van der Waals surface area (Å²) in [5, 5.41) is 15.6. The Morgan fingerprint density at radius 3 is 2.19 bits per heavy atom. The molecule has 1 aliphatic heterocycles. The summed E-state index contributed by atoms with van der Waals surface area (Å²) in [6.07, 6.45) is 4.13. The van der Waals surface area contributed by atoms with E-state index in [9.17, 15) is 19.6 Å². The van der Waals surface area contributed by atoms with Crippen LogP contribution in [0.4, 0.5) is 5.82 Å². The van der Waals surface area contributed by atoms with Crippen molar-refractivity contribution < 1.29 is 19.1 Å². The maximum Gasteiger partial charge on any atom is 0.250 e. The summed E-state index contributed by atoms with van der Waals surface area (Å²) in [4.78, 5) is 46.5. The number of likely N-dealkylation sites (tertiary alicyclic amines) is 1. The Labute approximate surface area is 280 Å². The molecule has 1 unspecified atom stereocenters. The van der Waals surface area contributed by atoms with Crippen LogP contribution < -0.4 is 16.4 Å². The van der Waals surface area contributed by atoms with Gasteiger partial charge in [0.2, 0.25) is 11.8 Å². The molecule has 1 saturated heterocycles. The number of amides is 3. The van der Waals surface area contributed by atoms with E-state index in [-0.39, 0.29) is 24.9 Å². The molecule has 11 heteroatoms. The van der Waals surface area contributed by atoms with E-state index < -0.39 is 34.9 Å². The summed E-state index contributed by atoms with van der Waals surface area (Å²) in [7, 11) is 0. The van der Waals surface area contributed by atoms with Crippen LogP contribution in [-0.4, -0.2) is 63.4 Å². The summed E-state index contributed by atoms with van der Waals surface area (Å²) >= 11 is 0. The van der Waals surface area contributed by atoms with E-state index >= 15 is 0 Å². The van der Waals surface area contributed by atoms with Crippen molar-refractivity contribution in [2.24, 2.45) is 5.73 Å². The lowest BCUT2D eigenvalue weighted by atomic mass is 9.74. The highest BCUT2D eigenvalue weighted by Crippen LogP contribution is 2.36. The zero-order valence-corrected chi connectivity index (χ0v) is 27.2. The number of aromatic nitrogens is 2. The molecule has 0 saturated carbocycles. The third-order valence-corrected chi connectivity index (χ3v) is 8.57. The second-order valence-corrected chi connectivity index (χ2v) is 12.6. The predicted octanol–water partition coefficient (Wildman–Crippen LogP) is 3.93. The normalized spacial score (nSPS) is 15.5. The lowest BCUT2D eigenvalue weighted by molar-refractivity contribution is -0.135.